The van der Waals surface area contributed by atoms with Gasteiger partial charge in [0.25, 0.3) is 0 Å². The Hall–Kier alpha value is -4.29. The molecule has 13 heteroatoms. The molecule has 1 aliphatic carbocycles. The number of aromatic nitrogens is 2. The molecule has 4 rings (SSSR count). The fourth-order valence-electron chi connectivity index (χ4n) is 3.50. The van der Waals surface area contributed by atoms with Gasteiger partial charge in [-0.25, -0.2) is 19.2 Å². The van der Waals surface area contributed by atoms with Gasteiger partial charge in [-0.2, -0.15) is 0 Å². The fourth-order valence-corrected chi connectivity index (χ4v) is 3.50. The van der Waals surface area contributed by atoms with E-state index in [1.807, 2.05) is 10.2 Å². The van der Waals surface area contributed by atoms with Gasteiger partial charge in [0.05, 0.1) is 18.8 Å². The summed E-state index contributed by atoms with van der Waals surface area (Å²) >= 11 is 0. The Morgan fingerprint density at radius 1 is 1.26 bits per heavy atom. The second-order valence-corrected chi connectivity index (χ2v) is 8.11. The molecule has 2 heterocycles. The van der Waals surface area contributed by atoms with Gasteiger partial charge in [0.1, 0.15) is 24.6 Å². The van der Waals surface area contributed by atoms with E-state index in [-0.39, 0.29) is 35.9 Å². The third-order valence-corrected chi connectivity index (χ3v) is 5.37. The summed E-state index contributed by atoms with van der Waals surface area (Å²) in [6.45, 7) is 2.09. The number of amides is 1. The molecule has 2 aliphatic rings. The summed E-state index contributed by atoms with van der Waals surface area (Å²) in [6.07, 6.45) is 3.23. The maximum absolute atomic E-state index is 14.9. The van der Waals surface area contributed by atoms with Crippen LogP contribution in [0.25, 0.3) is 11.1 Å². The van der Waals surface area contributed by atoms with E-state index in [1.165, 1.54) is 25.4 Å². The van der Waals surface area contributed by atoms with Crippen molar-refractivity contribution >= 4 is 29.7 Å². The number of nitrogens with zero attached hydrogens (tertiary/aromatic N) is 4. The predicted octanol–water partition coefficient (Wildman–Crippen LogP) is 1.69. The molecule has 0 radical (unpaired) electrons. The van der Waals surface area contributed by atoms with Crippen LogP contribution in [-0.2, 0) is 25.7 Å². The Morgan fingerprint density at radius 3 is 2.63 bits per heavy atom. The number of oxime groups is 1. The molecule has 1 amide bonds. The molecule has 2 fully saturated rings. The van der Waals surface area contributed by atoms with E-state index in [4.69, 9.17) is 25.5 Å². The topological polar surface area (TPSA) is 165 Å². The monoisotopic (exact) mass is 485 g/mol. The molecule has 4 N–H and O–H groups in total. The minimum Gasteiger partial charge on any atom is -0.462 e. The molecule has 0 atom stereocenters. The van der Waals surface area contributed by atoms with E-state index in [2.05, 4.69) is 15.1 Å². The highest BCUT2D eigenvalue weighted by atomic mass is 19.1. The molecule has 1 aliphatic heterocycles. The van der Waals surface area contributed by atoms with E-state index in [9.17, 15) is 14.0 Å². The minimum atomic E-state index is -0.947. The predicted molar refractivity (Wildman–Crippen MR) is 122 cm³/mol. The molecule has 0 bridgehead atoms. The Morgan fingerprint density at radius 2 is 1.97 bits per heavy atom. The Kier molecular flexibility index (Phi) is 7.03. The quantitative estimate of drug-likeness (QED) is 0.229. The number of carbonyl (C=O) groups is 2. The van der Waals surface area contributed by atoms with Gasteiger partial charge >= 0.3 is 12.1 Å². The lowest BCUT2D eigenvalue weighted by molar-refractivity contribution is -0.159. The average molecular weight is 485 g/mol. The molecule has 1 aromatic carbocycles. The summed E-state index contributed by atoms with van der Waals surface area (Å²) < 4.78 is 24.9. The van der Waals surface area contributed by atoms with Crippen LogP contribution in [0.4, 0.5) is 15.1 Å². The highest BCUT2D eigenvalue weighted by molar-refractivity contribution is 5.98. The van der Waals surface area contributed by atoms with Crippen molar-refractivity contribution in [3.8, 4) is 11.1 Å². The van der Waals surface area contributed by atoms with Crippen LogP contribution < -0.4 is 16.0 Å². The maximum Gasteiger partial charge on any atom is 0.414 e. The lowest BCUT2D eigenvalue weighted by atomic mass is 9.92. The summed E-state index contributed by atoms with van der Waals surface area (Å²) in [5, 5.41) is 13.1. The molecule has 0 spiro atoms. The largest absolute Gasteiger partial charge is 0.462 e. The van der Waals surface area contributed by atoms with Crippen LogP contribution in [0.5, 0.6) is 0 Å². The molecule has 35 heavy (non-hydrogen) atoms. The van der Waals surface area contributed by atoms with Gasteiger partial charge in [-0.05, 0) is 0 Å². The maximum atomic E-state index is 14.9. The number of nitrogens with two attached hydrogens (primary N) is 1. The molecular weight excluding hydrogens is 461 g/mol. The second kappa shape index (κ2) is 10.3. The van der Waals surface area contributed by atoms with Gasteiger partial charge in [0.15, 0.2) is 5.96 Å². The first-order valence-corrected chi connectivity index (χ1v) is 10.8. The number of rotatable bonds is 7. The Balaban J connectivity index is 1.28. The number of anilines is 1. The minimum absolute atomic E-state index is 0.0454. The number of guanidine groups is 1. The van der Waals surface area contributed by atoms with Crippen LogP contribution in [0.2, 0.25) is 0 Å². The van der Waals surface area contributed by atoms with Crippen molar-refractivity contribution in [3.05, 3.63) is 42.0 Å². The number of hydrogen-bond acceptors (Lipinski definition) is 10. The van der Waals surface area contributed by atoms with E-state index in [0.717, 1.165) is 5.71 Å². The number of halogens is 1. The van der Waals surface area contributed by atoms with Gasteiger partial charge in [-0.3, -0.25) is 15.5 Å². The summed E-state index contributed by atoms with van der Waals surface area (Å²) in [7, 11) is 0. The standard InChI is InChI=1S/C22H24FN7O5/c1-12(31)34-16-5-17(6-16)35-29-15-9-30(10-15)21-26-7-14(8-27-21)18-4-2-3-13(19(18)23)11-33-22(32)28-20(24)25/h2-4,7-8,16-17H,5-6,9-11H2,1H3,(H4,24,25,28,32). The number of alkyl carbamates (subject to hydrolysis) is 1. The lowest BCUT2D eigenvalue weighted by Gasteiger charge is -2.35. The zero-order chi connectivity index (χ0) is 24.9. The van der Waals surface area contributed by atoms with Crippen LogP contribution in [0.15, 0.2) is 35.7 Å². The number of hydrogen-bond donors (Lipinski definition) is 3. The van der Waals surface area contributed by atoms with Crippen molar-refractivity contribution in [2.75, 3.05) is 18.0 Å². The number of nitrogens with one attached hydrogen (secondary N) is 2. The zero-order valence-corrected chi connectivity index (χ0v) is 18.9. The first-order chi connectivity index (χ1) is 16.8. The van der Waals surface area contributed by atoms with E-state index in [1.54, 1.807) is 12.1 Å². The Bertz CT molecular complexity index is 1140. The van der Waals surface area contributed by atoms with E-state index < -0.39 is 17.9 Å². The van der Waals surface area contributed by atoms with Crippen LogP contribution in [0.1, 0.15) is 25.3 Å². The van der Waals surface area contributed by atoms with Crippen molar-refractivity contribution in [3.63, 3.8) is 0 Å². The normalized spacial score (nSPS) is 18.6. The summed E-state index contributed by atoms with van der Waals surface area (Å²) in [6, 6.07) is 4.69. The van der Waals surface area contributed by atoms with Crippen molar-refractivity contribution in [1.29, 1.82) is 5.41 Å². The number of benzene rings is 1. The third-order valence-electron chi connectivity index (χ3n) is 5.37. The number of carbonyl (C=O) groups excluding carboxylic acids is 2. The molecule has 1 saturated heterocycles. The van der Waals surface area contributed by atoms with Crippen molar-refractivity contribution in [2.24, 2.45) is 10.9 Å². The van der Waals surface area contributed by atoms with Gasteiger partial charge < -0.3 is 24.9 Å². The SMILES string of the molecule is CC(=O)OC1CC(ON=C2CN(c3ncc(-c4cccc(COC(=O)NC(=N)N)c4F)cn3)C2)C1. The fraction of sp³-hybridized carbons (Fsp3) is 0.364. The van der Waals surface area contributed by atoms with Crippen LogP contribution >= 0.6 is 0 Å². The molecule has 184 valence electrons. The highest BCUT2D eigenvalue weighted by Crippen LogP contribution is 2.28. The molecule has 2 aromatic rings. The third kappa shape index (κ3) is 5.99. The highest BCUT2D eigenvalue weighted by Gasteiger charge is 2.34. The van der Waals surface area contributed by atoms with Crippen molar-refractivity contribution in [2.45, 2.75) is 38.6 Å². The summed E-state index contributed by atoms with van der Waals surface area (Å²) in [5.74, 6) is -0.948. The van der Waals surface area contributed by atoms with Crippen LogP contribution in [0, 0.1) is 11.2 Å². The number of ether oxygens (including phenoxy) is 2. The van der Waals surface area contributed by atoms with Gasteiger partial charge in [0, 0.05) is 48.8 Å². The molecule has 1 saturated carbocycles. The molecule has 0 unspecified atom stereocenters. The Labute approximate surface area is 199 Å². The first-order valence-electron chi connectivity index (χ1n) is 10.8. The molecule has 12 nitrogen and oxygen atoms in total. The van der Waals surface area contributed by atoms with Gasteiger partial charge in [0.2, 0.25) is 5.95 Å². The summed E-state index contributed by atoms with van der Waals surface area (Å²) in [4.78, 5) is 38.4. The lowest BCUT2D eigenvalue weighted by Crippen LogP contribution is -2.49. The number of esters is 1. The summed E-state index contributed by atoms with van der Waals surface area (Å²) in [5.41, 5.74) is 6.78. The average Bonchev–Trinajstić information content (AvgIpc) is 2.75. The molecular formula is C22H24FN7O5. The van der Waals surface area contributed by atoms with Gasteiger partial charge in [-0.1, -0.05) is 23.4 Å². The second-order valence-electron chi connectivity index (χ2n) is 8.11. The van der Waals surface area contributed by atoms with Crippen molar-refractivity contribution in [1.82, 2.24) is 15.3 Å². The molecule has 1 aromatic heterocycles. The zero-order valence-electron chi connectivity index (χ0n) is 18.9. The van der Waals surface area contributed by atoms with E-state index in [0.29, 0.717) is 37.4 Å². The van der Waals surface area contributed by atoms with Crippen molar-refractivity contribution < 1.29 is 28.3 Å². The van der Waals surface area contributed by atoms with Crippen LogP contribution in [-0.4, -0.2) is 59.0 Å². The van der Waals surface area contributed by atoms with E-state index >= 15 is 0 Å². The first kappa shape index (κ1) is 23.9. The van der Waals surface area contributed by atoms with Gasteiger partial charge in [-0.15, -0.1) is 0 Å². The smallest absolute Gasteiger partial charge is 0.414 e. The van der Waals surface area contributed by atoms with Crippen LogP contribution in [0.3, 0.4) is 0 Å².